The van der Waals surface area contributed by atoms with Crippen LogP contribution in [0, 0.1) is 0 Å². The molecule has 1 aromatic carbocycles. The van der Waals surface area contributed by atoms with Gasteiger partial charge in [-0.15, -0.1) is 0 Å². The van der Waals surface area contributed by atoms with E-state index in [9.17, 15) is 19.2 Å². The molecule has 0 spiro atoms. The summed E-state index contributed by atoms with van der Waals surface area (Å²) in [6.45, 7) is 6.79. The third-order valence-corrected chi connectivity index (χ3v) is 4.53. The molecule has 0 aliphatic rings. The average Bonchev–Trinajstić information content (AvgIpc) is 2.75. The molecule has 10 heteroatoms. The lowest BCUT2D eigenvalue weighted by molar-refractivity contribution is -0.155. The predicted molar refractivity (Wildman–Crippen MR) is 118 cm³/mol. The molecule has 184 valence electrons. The quantitative estimate of drug-likeness (QED) is 0.360. The molecule has 0 fully saturated rings. The van der Waals surface area contributed by atoms with Crippen LogP contribution in [0.15, 0.2) is 18.2 Å². The Morgan fingerprint density at radius 3 is 1.97 bits per heavy atom. The molecule has 0 saturated heterocycles. The van der Waals surface area contributed by atoms with Crippen LogP contribution in [0.3, 0.4) is 0 Å². The first kappa shape index (κ1) is 27.9. The summed E-state index contributed by atoms with van der Waals surface area (Å²) >= 11 is 0. The Labute approximate surface area is 193 Å². The van der Waals surface area contributed by atoms with E-state index in [2.05, 4.69) is 4.74 Å². The molecule has 33 heavy (non-hydrogen) atoms. The second kappa shape index (κ2) is 14.1. The Kier molecular flexibility index (Phi) is 11.9. The average molecular weight is 468 g/mol. The van der Waals surface area contributed by atoms with Crippen molar-refractivity contribution >= 4 is 24.1 Å². The van der Waals surface area contributed by atoms with Gasteiger partial charge in [0.1, 0.15) is 18.2 Å². The molecule has 0 unspecified atom stereocenters. The number of benzene rings is 1. The number of carbonyl (C=O) groups is 4. The number of hydrogen-bond acceptors (Lipinski definition) is 10. The third kappa shape index (κ3) is 9.90. The first-order valence-electron chi connectivity index (χ1n) is 10.9. The smallest absolute Gasteiger partial charge is 0.458 e. The maximum Gasteiger partial charge on any atom is 0.508 e. The van der Waals surface area contributed by atoms with Gasteiger partial charge in [-0.3, -0.25) is 14.4 Å². The van der Waals surface area contributed by atoms with E-state index < -0.39 is 42.3 Å². The van der Waals surface area contributed by atoms with E-state index in [1.165, 1.54) is 19.2 Å². The van der Waals surface area contributed by atoms with Gasteiger partial charge in [0.05, 0.1) is 7.11 Å². The van der Waals surface area contributed by atoms with E-state index in [1.807, 2.05) is 13.8 Å². The van der Waals surface area contributed by atoms with Crippen molar-refractivity contribution in [2.75, 3.05) is 7.11 Å². The van der Waals surface area contributed by atoms with Crippen molar-refractivity contribution in [3.63, 3.8) is 0 Å². The van der Waals surface area contributed by atoms with Crippen molar-refractivity contribution in [3.05, 3.63) is 23.8 Å². The van der Waals surface area contributed by atoms with Gasteiger partial charge in [0, 0.05) is 12.8 Å². The summed E-state index contributed by atoms with van der Waals surface area (Å²) in [4.78, 5) is 47.5. The molecule has 0 amide bonds. The van der Waals surface area contributed by atoms with Gasteiger partial charge in [0.2, 0.25) is 0 Å². The molecule has 0 aliphatic heterocycles. The maximum absolute atomic E-state index is 12.4. The summed E-state index contributed by atoms with van der Waals surface area (Å²) < 4.78 is 25.3. The van der Waals surface area contributed by atoms with E-state index >= 15 is 0 Å². The van der Waals surface area contributed by atoms with Crippen LogP contribution in [0.5, 0.6) is 11.5 Å². The van der Waals surface area contributed by atoms with Crippen molar-refractivity contribution in [3.8, 4) is 11.5 Å². The van der Waals surface area contributed by atoms with E-state index in [1.54, 1.807) is 19.9 Å². The zero-order chi connectivity index (χ0) is 25.0. The second-order valence-corrected chi connectivity index (χ2v) is 7.46. The fourth-order valence-electron chi connectivity index (χ4n) is 2.60. The highest BCUT2D eigenvalue weighted by Crippen LogP contribution is 2.30. The first-order chi connectivity index (χ1) is 15.6. The van der Waals surface area contributed by atoms with Gasteiger partial charge in [-0.2, -0.15) is 0 Å². The van der Waals surface area contributed by atoms with Crippen molar-refractivity contribution in [2.24, 2.45) is 5.73 Å². The van der Waals surface area contributed by atoms with Crippen molar-refractivity contribution < 1.29 is 42.9 Å². The highest BCUT2D eigenvalue weighted by Gasteiger charge is 2.25. The molecule has 2 N–H and O–H groups in total. The number of rotatable bonds is 12. The number of nitrogens with two attached hydrogens (primary N) is 1. The van der Waals surface area contributed by atoms with Crippen LogP contribution < -0.4 is 15.2 Å². The van der Waals surface area contributed by atoms with Gasteiger partial charge in [-0.25, -0.2) is 4.79 Å². The molecule has 0 radical (unpaired) electrons. The van der Waals surface area contributed by atoms with Crippen LogP contribution in [0.2, 0.25) is 0 Å². The zero-order valence-corrected chi connectivity index (χ0v) is 19.8. The molecule has 1 aromatic rings. The highest BCUT2D eigenvalue weighted by molar-refractivity contribution is 5.77. The lowest BCUT2D eigenvalue weighted by atomic mass is 10.1. The summed E-state index contributed by atoms with van der Waals surface area (Å²) in [6, 6.07) is 3.57. The Balaban J connectivity index is 2.89. The van der Waals surface area contributed by atoms with Crippen LogP contribution >= 0.6 is 0 Å². The number of methoxy groups -OCH3 is 1. The van der Waals surface area contributed by atoms with Gasteiger partial charge in [0.15, 0.2) is 11.5 Å². The SMILES string of the molecule is CCCC(=O)Oc1ccc(C[C@H](N)C(=O)O[C@@H](C)[C@H](C)OC(=O)OC)cc1OC(=O)CCC. The lowest BCUT2D eigenvalue weighted by Crippen LogP contribution is -2.39. The molecule has 0 heterocycles. The lowest BCUT2D eigenvalue weighted by Gasteiger charge is -2.22. The molecule has 0 aromatic heterocycles. The van der Waals surface area contributed by atoms with E-state index in [0.717, 1.165) is 0 Å². The van der Waals surface area contributed by atoms with Gasteiger partial charge >= 0.3 is 24.1 Å². The van der Waals surface area contributed by atoms with Gasteiger partial charge in [0.25, 0.3) is 0 Å². The Hall–Kier alpha value is -3.14. The molecule has 3 atom stereocenters. The van der Waals surface area contributed by atoms with Crippen LogP contribution in [0.1, 0.15) is 58.9 Å². The Morgan fingerprint density at radius 1 is 0.879 bits per heavy atom. The molecule has 0 aliphatic carbocycles. The Bertz CT molecular complexity index is 824. The maximum atomic E-state index is 12.4. The first-order valence-corrected chi connectivity index (χ1v) is 10.9. The van der Waals surface area contributed by atoms with Crippen molar-refractivity contribution in [1.82, 2.24) is 0 Å². The molecule has 1 rings (SSSR count). The zero-order valence-electron chi connectivity index (χ0n) is 19.8. The summed E-state index contributed by atoms with van der Waals surface area (Å²) in [5, 5.41) is 0. The summed E-state index contributed by atoms with van der Waals surface area (Å²) in [6.07, 6.45) is -0.696. The Morgan fingerprint density at radius 2 is 1.42 bits per heavy atom. The largest absolute Gasteiger partial charge is 0.508 e. The monoisotopic (exact) mass is 467 g/mol. The fourth-order valence-corrected chi connectivity index (χ4v) is 2.60. The van der Waals surface area contributed by atoms with Gasteiger partial charge in [-0.05, 0) is 50.8 Å². The number of hydrogen-bond donors (Lipinski definition) is 1. The molecule has 0 bridgehead atoms. The van der Waals surface area contributed by atoms with Crippen molar-refractivity contribution in [1.29, 1.82) is 0 Å². The van der Waals surface area contributed by atoms with Gasteiger partial charge in [-0.1, -0.05) is 19.9 Å². The summed E-state index contributed by atoms with van der Waals surface area (Å²) in [5.74, 6) is -1.44. The summed E-state index contributed by atoms with van der Waals surface area (Å²) in [7, 11) is 1.17. The van der Waals surface area contributed by atoms with Crippen LogP contribution in [-0.4, -0.2) is 49.4 Å². The standard InChI is InChI=1S/C23H33NO9/c1-6-8-20(25)32-18-11-10-16(13-19(18)33-21(26)9-7-2)12-17(24)22(27)30-14(3)15(4)31-23(28)29-5/h10-11,13-15,17H,6-9,12,24H2,1-5H3/t14-,15-,17-/m0/s1. The minimum Gasteiger partial charge on any atom is -0.458 e. The number of carbonyl (C=O) groups excluding carboxylic acids is 4. The van der Waals surface area contributed by atoms with Crippen LogP contribution in [-0.2, 0) is 35.0 Å². The number of ether oxygens (including phenoxy) is 5. The second-order valence-electron chi connectivity index (χ2n) is 7.46. The minimum atomic E-state index is -1.04. The van der Waals surface area contributed by atoms with Crippen molar-refractivity contribution in [2.45, 2.75) is 78.0 Å². The molecular formula is C23H33NO9. The van der Waals surface area contributed by atoms with E-state index in [4.69, 9.17) is 24.7 Å². The molecular weight excluding hydrogens is 434 g/mol. The highest BCUT2D eigenvalue weighted by atomic mass is 16.7. The molecule has 10 nitrogen and oxygen atoms in total. The van der Waals surface area contributed by atoms with Crippen LogP contribution in [0.4, 0.5) is 4.79 Å². The normalized spacial score (nSPS) is 13.3. The summed E-state index contributed by atoms with van der Waals surface area (Å²) in [5.41, 5.74) is 6.55. The third-order valence-electron chi connectivity index (χ3n) is 4.53. The number of esters is 3. The predicted octanol–water partition coefficient (Wildman–Crippen LogP) is 3.07. The topological polar surface area (TPSA) is 140 Å². The van der Waals surface area contributed by atoms with E-state index in [0.29, 0.717) is 18.4 Å². The molecule has 0 saturated carbocycles. The van der Waals surface area contributed by atoms with E-state index in [-0.39, 0.29) is 30.8 Å². The fraction of sp³-hybridized carbons (Fsp3) is 0.565. The van der Waals surface area contributed by atoms with Crippen LogP contribution in [0.25, 0.3) is 0 Å². The minimum absolute atomic E-state index is 0.0688. The van der Waals surface area contributed by atoms with Gasteiger partial charge < -0.3 is 29.4 Å².